The van der Waals surface area contributed by atoms with Crippen LogP contribution in [0.1, 0.15) is 19.8 Å². The third kappa shape index (κ3) is 6.43. The number of hydrogen-bond acceptors (Lipinski definition) is 4. The first-order valence-corrected chi connectivity index (χ1v) is 6.14. The fraction of sp³-hybridized carbons (Fsp3) is 0.875. The van der Waals surface area contributed by atoms with Crippen molar-refractivity contribution in [1.29, 1.82) is 0 Å². The second-order valence-electron chi connectivity index (χ2n) is 3.18. The van der Waals surface area contributed by atoms with Gasteiger partial charge < -0.3 is 9.84 Å². The quantitative estimate of drug-likeness (QED) is 0.612. The zero-order chi connectivity index (χ0) is 11.9. The van der Waals surface area contributed by atoms with Gasteiger partial charge in [0.15, 0.2) is 0 Å². The highest BCUT2D eigenvalue weighted by Crippen LogP contribution is 2.03. The summed E-state index contributed by atoms with van der Waals surface area (Å²) in [6.45, 7) is 1.85. The van der Waals surface area contributed by atoms with E-state index in [-0.39, 0.29) is 13.0 Å². The van der Waals surface area contributed by atoms with E-state index in [1.54, 1.807) is 6.92 Å². The van der Waals surface area contributed by atoms with Gasteiger partial charge in [-0.3, -0.25) is 4.79 Å². The van der Waals surface area contributed by atoms with Crippen LogP contribution in [0.2, 0.25) is 0 Å². The minimum absolute atomic E-state index is 0.0744. The molecule has 0 rings (SSSR count). The Morgan fingerprint density at radius 2 is 2.13 bits per heavy atom. The third-order valence-corrected chi connectivity index (χ3v) is 3.80. The number of ether oxygens (including phenoxy) is 1. The number of methoxy groups -OCH3 is 1. The molecule has 7 heteroatoms. The van der Waals surface area contributed by atoms with Crippen LogP contribution in [0.25, 0.3) is 0 Å². The Morgan fingerprint density at radius 1 is 1.53 bits per heavy atom. The molecular weight excluding hydrogens is 222 g/mol. The van der Waals surface area contributed by atoms with E-state index in [1.165, 1.54) is 7.11 Å². The molecule has 6 nitrogen and oxygen atoms in total. The number of aliphatic carboxylic acids is 1. The topological polar surface area (TPSA) is 92.7 Å². The van der Waals surface area contributed by atoms with E-state index in [0.29, 0.717) is 13.0 Å². The molecule has 90 valence electrons. The summed E-state index contributed by atoms with van der Waals surface area (Å²) in [7, 11) is -1.92. The average Bonchev–Trinajstić information content (AvgIpc) is 2.13. The molecule has 0 saturated carbocycles. The van der Waals surface area contributed by atoms with Crippen LogP contribution in [0.5, 0.6) is 0 Å². The fourth-order valence-corrected chi connectivity index (χ4v) is 1.96. The Hall–Kier alpha value is -0.660. The van der Waals surface area contributed by atoms with Gasteiger partial charge in [0.2, 0.25) is 10.0 Å². The Labute approximate surface area is 89.7 Å². The summed E-state index contributed by atoms with van der Waals surface area (Å²) in [5.74, 6) is -1.03. The number of carboxylic acids is 1. The molecule has 0 aromatic carbocycles. The molecule has 0 heterocycles. The van der Waals surface area contributed by atoms with Crippen molar-refractivity contribution in [1.82, 2.24) is 4.72 Å². The molecule has 0 spiro atoms. The van der Waals surface area contributed by atoms with Gasteiger partial charge in [-0.2, -0.15) is 0 Å². The number of hydrogen-bond donors (Lipinski definition) is 2. The van der Waals surface area contributed by atoms with Crippen LogP contribution in [0.15, 0.2) is 0 Å². The van der Waals surface area contributed by atoms with E-state index in [9.17, 15) is 13.2 Å². The number of sulfonamides is 1. The van der Waals surface area contributed by atoms with Crippen molar-refractivity contribution in [2.24, 2.45) is 0 Å². The van der Waals surface area contributed by atoms with Gasteiger partial charge in [-0.25, -0.2) is 13.1 Å². The summed E-state index contributed by atoms with van der Waals surface area (Å²) in [4.78, 5) is 10.2. The van der Waals surface area contributed by atoms with E-state index in [4.69, 9.17) is 9.84 Å². The van der Waals surface area contributed by atoms with Crippen LogP contribution >= 0.6 is 0 Å². The normalized spacial score (nSPS) is 13.7. The van der Waals surface area contributed by atoms with Crippen molar-refractivity contribution >= 4 is 16.0 Å². The molecule has 0 amide bonds. The summed E-state index contributed by atoms with van der Waals surface area (Å²) in [5.41, 5.74) is 0. The van der Waals surface area contributed by atoms with Gasteiger partial charge in [-0.05, 0) is 13.3 Å². The Morgan fingerprint density at radius 3 is 2.60 bits per heavy atom. The molecule has 2 N–H and O–H groups in total. The minimum atomic E-state index is -3.42. The van der Waals surface area contributed by atoms with Gasteiger partial charge in [-0.15, -0.1) is 0 Å². The molecule has 0 aliphatic rings. The zero-order valence-corrected chi connectivity index (χ0v) is 9.71. The van der Waals surface area contributed by atoms with Crippen LogP contribution in [0.4, 0.5) is 0 Å². The molecule has 1 unspecified atom stereocenters. The SMILES string of the molecule is COCCC(C)S(=O)(=O)NCCC(=O)O. The summed E-state index contributed by atoms with van der Waals surface area (Å²) in [5, 5.41) is 7.76. The standard InChI is InChI=1S/C8H17NO5S/c1-7(4-6-14-2)15(12,13)9-5-3-8(10)11/h7,9H,3-6H2,1-2H3,(H,10,11). The molecule has 0 fully saturated rings. The lowest BCUT2D eigenvalue weighted by Gasteiger charge is -2.12. The van der Waals surface area contributed by atoms with Crippen LogP contribution in [-0.4, -0.2) is 45.0 Å². The van der Waals surface area contributed by atoms with E-state index >= 15 is 0 Å². The molecule has 1 atom stereocenters. The van der Waals surface area contributed by atoms with Crippen LogP contribution in [-0.2, 0) is 19.6 Å². The van der Waals surface area contributed by atoms with Crippen molar-refractivity contribution < 1.29 is 23.1 Å². The lowest BCUT2D eigenvalue weighted by atomic mass is 10.3. The molecule has 0 radical (unpaired) electrons. The van der Waals surface area contributed by atoms with Gasteiger partial charge in [0, 0.05) is 20.3 Å². The van der Waals surface area contributed by atoms with Gasteiger partial charge in [0.25, 0.3) is 0 Å². The van der Waals surface area contributed by atoms with Gasteiger partial charge in [0.05, 0.1) is 11.7 Å². The Balaban J connectivity index is 4.00. The van der Waals surface area contributed by atoms with Gasteiger partial charge >= 0.3 is 5.97 Å². The van der Waals surface area contributed by atoms with Crippen molar-refractivity contribution in [2.75, 3.05) is 20.3 Å². The maximum atomic E-state index is 11.5. The molecule has 0 aromatic rings. The molecule has 0 aromatic heterocycles. The highest BCUT2D eigenvalue weighted by atomic mass is 32.2. The fourth-order valence-electron chi connectivity index (χ4n) is 0.881. The van der Waals surface area contributed by atoms with Crippen molar-refractivity contribution in [2.45, 2.75) is 25.0 Å². The lowest BCUT2D eigenvalue weighted by molar-refractivity contribution is -0.136. The summed E-state index contributed by atoms with van der Waals surface area (Å²) in [6.07, 6.45) is 0.176. The Bertz CT molecular complexity index is 287. The molecular formula is C8H17NO5S. The maximum Gasteiger partial charge on any atom is 0.304 e. The summed E-state index contributed by atoms with van der Waals surface area (Å²) >= 11 is 0. The lowest BCUT2D eigenvalue weighted by Crippen LogP contribution is -2.34. The van der Waals surface area contributed by atoms with Gasteiger partial charge in [-0.1, -0.05) is 0 Å². The number of rotatable bonds is 8. The molecule has 0 aliphatic carbocycles. The second-order valence-corrected chi connectivity index (χ2v) is 5.36. The van der Waals surface area contributed by atoms with E-state index in [0.717, 1.165) is 0 Å². The highest BCUT2D eigenvalue weighted by molar-refractivity contribution is 7.90. The average molecular weight is 239 g/mol. The maximum absolute atomic E-state index is 11.5. The first-order valence-electron chi connectivity index (χ1n) is 4.59. The molecule has 15 heavy (non-hydrogen) atoms. The van der Waals surface area contributed by atoms with E-state index in [1.807, 2.05) is 0 Å². The number of nitrogens with one attached hydrogen (secondary N) is 1. The van der Waals surface area contributed by atoms with Crippen molar-refractivity contribution in [3.05, 3.63) is 0 Å². The monoisotopic (exact) mass is 239 g/mol. The number of carbonyl (C=O) groups is 1. The van der Waals surface area contributed by atoms with Crippen LogP contribution < -0.4 is 4.72 Å². The largest absolute Gasteiger partial charge is 0.481 e. The Kier molecular flexibility index (Phi) is 6.46. The molecule has 0 saturated heterocycles. The predicted octanol–water partition coefficient (Wildman–Crippen LogP) is -0.194. The summed E-state index contributed by atoms with van der Waals surface area (Å²) in [6, 6.07) is 0. The van der Waals surface area contributed by atoms with Crippen molar-refractivity contribution in [3.8, 4) is 0 Å². The van der Waals surface area contributed by atoms with E-state index in [2.05, 4.69) is 4.72 Å². The first-order chi connectivity index (χ1) is 6.90. The molecule has 0 aliphatic heterocycles. The van der Waals surface area contributed by atoms with Crippen LogP contribution in [0.3, 0.4) is 0 Å². The summed E-state index contributed by atoms with van der Waals surface area (Å²) < 4.78 is 29.9. The smallest absolute Gasteiger partial charge is 0.304 e. The zero-order valence-electron chi connectivity index (χ0n) is 8.89. The molecule has 0 bridgehead atoms. The number of carboxylic acid groups (broad SMARTS) is 1. The second kappa shape index (κ2) is 6.76. The third-order valence-electron chi connectivity index (χ3n) is 1.90. The highest BCUT2D eigenvalue weighted by Gasteiger charge is 2.19. The van der Waals surface area contributed by atoms with Gasteiger partial charge in [0.1, 0.15) is 0 Å². The minimum Gasteiger partial charge on any atom is -0.481 e. The first kappa shape index (κ1) is 14.3. The van der Waals surface area contributed by atoms with Crippen molar-refractivity contribution in [3.63, 3.8) is 0 Å². The van der Waals surface area contributed by atoms with E-state index < -0.39 is 21.2 Å². The van der Waals surface area contributed by atoms with Crippen LogP contribution in [0, 0.1) is 0 Å². The predicted molar refractivity (Wildman–Crippen MR) is 55.1 cm³/mol.